The van der Waals surface area contributed by atoms with Crippen LogP contribution < -0.4 is 14.5 Å². The van der Waals surface area contributed by atoms with E-state index in [0.29, 0.717) is 18.5 Å². The minimum Gasteiger partial charge on any atom is -0.467 e. The summed E-state index contributed by atoms with van der Waals surface area (Å²) in [4.78, 5) is 15.7. The number of methoxy groups -OCH3 is 1. The van der Waals surface area contributed by atoms with E-state index in [-0.39, 0.29) is 0 Å². The molecule has 8 heteroatoms. The fourth-order valence-electron chi connectivity index (χ4n) is 4.78. The van der Waals surface area contributed by atoms with Crippen molar-refractivity contribution in [1.29, 1.82) is 5.26 Å². The zero-order chi connectivity index (χ0) is 22.2. The lowest BCUT2D eigenvalue weighted by Crippen LogP contribution is -2.48. The first-order valence-electron chi connectivity index (χ1n) is 10.8. The molecule has 5 rings (SSSR count). The molecule has 0 amide bonds. The fourth-order valence-corrected chi connectivity index (χ4v) is 5.06. The van der Waals surface area contributed by atoms with Crippen molar-refractivity contribution in [3.05, 3.63) is 52.7 Å². The van der Waals surface area contributed by atoms with E-state index in [4.69, 9.17) is 31.6 Å². The third-order valence-corrected chi connectivity index (χ3v) is 6.69. The number of benzene rings is 2. The van der Waals surface area contributed by atoms with Crippen molar-refractivity contribution in [3.63, 3.8) is 0 Å². The molecule has 3 heterocycles. The molecule has 1 saturated heterocycles. The summed E-state index contributed by atoms with van der Waals surface area (Å²) in [5.41, 5.74) is 3.28. The Hall–Kier alpha value is -3.24. The van der Waals surface area contributed by atoms with Crippen LogP contribution in [-0.4, -0.2) is 55.2 Å². The Morgan fingerprint density at radius 2 is 2.00 bits per heavy atom. The van der Waals surface area contributed by atoms with Crippen molar-refractivity contribution >= 4 is 33.9 Å². The first-order valence-corrected chi connectivity index (χ1v) is 11.2. The molecule has 0 spiro atoms. The van der Waals surface area contributed by atoms with Gasteiger partial charge in [-0.1, -0.05) is 35.9 Å². The molecule has 0 atom stereocenters. The van der Waals surface area contributed by atoms with Crippen LogP contribution in [0.25, 0.3) is 10.8 Å². The van der Waals surface area contributed by atoms with Crippen molar-refractivity contribution in [2.45, 2.75) is 13.0 Å². The summed E-state index contributed by atoms with van der Waals surface area (Å²) >= 11 is 6.58. The molecule has 32 heavy (non-hydrogen) atoms. The molecule has 0 bridgehead atoms. The van der Waals surface area contributed by atoms with E-state index >= 15 is 0 Å². The zero-order valence-corrected chi connectivity index (χ0v) is 19.0. The van der Waals surface area contributed by atoms with Crippen molar-refractivity contribution in [2.24, 2.45) is 5.92 Å². The summed E-state index contributed by atoms with van der Waals surface area (Å²) in [6, 6.07) is 12.7. The number of halogens is 1. The molecule has 3 aromatic rings. The average Bonchev–Trinajstić information content (AvgIpc) is 2.79. The lowest BCUT2D eigenvalue weighted by molar-refractivity contribution is 0.176. The average molecular weight is 449 g/mol. The molecule has 2 aromatic carbocycles. The van der Waals surface area contributed by atoms with Gasteiger partial charge in [0.05, 0.1) is 24.4 Å². The van der Waals surface area contributed by atoms with Gasteiger partial charge >= 0.3 is 6.01 Å². The largest absolute Gasteiger partial charge is 0.467 e. The molecule has 1 aromatic heterocycles. The summed E-state index contributed by atoms with van der Waals surface area (Å²) < 4.78 is 5.44. The summed E-state index contributed by atoms with van der Waals surface area (Å²) in [6.45, 7) is 4.00. The Bertz CT molecular complexity index is 1200. The molecule has 2 aliphatic heterocycles. The van der Waals surface area contributed by atoms with Crippen molar-refractivity contribution in [2.75, 3.05) is 50.1 Å². The standard InChI is InChI=1S/C24H25ClN6O/c1-29(11-16-12-30(13-16)15-26)23-18-9-10-31(14-20(18)27-24(28-23)32-2)21-8-4-6-17-5-3-7-19(25)22(17)21/h3-8,16H,9-14H2,1-2H3. The highest BCUT2D eigenvalue weighted by atomic mass is 35.5. The van der Waals surface area contributed by atoms with Crippen LogP contribution in [0.5, 0.6) is 6.01 Å². The van der Waals surface area contributed by atoms with Gasteiger partial charge in [-0.3, -0.25) is 0 Å². The van der Waals surface area contributed by atoms with Crippen LogP contribution in [0.15, 0.2) is 36.4 Å². The maximum Gasteiger partial charge on any atom is 0.318 e. The van der Waals surface area contributed by atoms with E-state index in [1.165, 1.54) is 5.56 Å². The summed E-state index contributed by atoms with van der Waals surface area (Å²) in [5.74, 6) is 1.40. The minimum absolute atomic E-state index is 0.385. The normalized spacial score (nSPS) is 15.8. The number of likely N-dealkylation sites (tertiary alicyclic amines) is 1. The van der Waals surface area contributed by atoms with Crippen LogP contribution in [0.4, 0.5) is 11.5 Å². The van der Waals surface area contributed by atoms with Crippen molar-refractivity contribution < 1.29 is 4.74 Å². The highest BCUT2D eigenvalue weighted by Crippen LogP contribution is 2.36. The van der Waals surface area contributed by atoms with Gasteiger partial charge in [0, 0.05) is 55.8 Å². The molecule has 0 N–H and O–H groups in total. The Labute approximate surface area is 192 Å². The molecule has 1 fully saturated rings. The van der Waals surface area contributed by atoms with Gasteiger partial charge in [-0.2, -0.15) is 15.2 Å². The molecule has 2 aliphatic rings. The predicted octanol–water partition coefficient (Wildman–Crippen LogP) is 3.70. The van der Waals surface area contributed by atoms with Gasteiger partial charge in [-0.05, 0) is 23.9 Å². The van der Waals surface area contributed by atoms with Crippen LogP contribution >= 0.6 is 11.6 Å². The Morgan fingerprint density at radius 3 is 2.75 bits per heavy atom. The third kappa shape index (κ3) is 3.65. The van der Waals surface area contributed by atoms with E-state index in [9.17, 15) is 0 Å². The fraction of sp³-hybridized carbons (Fsp3) is 0.375. The number of anilines is 2. The van der Waals surface area contributed by atoms with Gasteiger partial charge in [0.2, 0.25) is 0 Å². The summed E-state index contributed by atoms with van der Waals surface area (Å²) in [5, 5.41) is 12.0. The molecule has 0 radical (unpaired) electrons. The van der Waals surface area contributed by atoms with Crippen LogP contribution in [0, 0.1) is 17.4 Å². The smallest absolute Gasteiger partial charge is 0.318 e. The van der Waals surface area contributed by atoms with E-state index in [0.717, 1.165) is 65.6 Å². The SMILES string of the molecule is COc1nc2c(c(N(C)CC3CN(C#N)C3)n1)CCN(c1cccc3cccc(Cl)c13)C2. The van der Waals surface area contributed by atoms with Crippen LogP contribution in [0.3, 0.4) is 0 Å². The number of rotatable bonds is 5. The minimum atomic E-state index is 0.385. The second-order valence-corrected chi connectivity index (χ2v) is 8.90. The van der Waals surface area contributed by atoms with Gasteiger partial charge in [-0.25, -0.2) is 0 Å². The first-order chi connectivity index (χ1) is 15.6. The molecule has 0 aliphatic carbocycles. The second kappa shape index (κ2) is 8.36. The summed E-state index contributed by atoms with van der Waals surface area (Å²) in [7, 11) is 3.67. The number of nitrogens with zero attached hydrogens (tertiary/aromatic N) is 6. The van der Waals surface area contributed by atoms with E-state index in [1.54, 1.807) is 12.0 Å². The highest BCUT2D eigenvalue weighted by Gasteiger charge is 2.30. The van der Waals surface area contributed by atoms with E-state index in [1.807, 2.05) is 12.1 Å². The third-order valence-electron chi connectivity index (χ3n) is 6.37. The van der Waals surface area contributed by atoms with E-state index in [2.05, 4.69) is 47.3 Å². The maximum atomic E-state index is 9.00. The monoisotopic (exact) mass is 448 g/mol. The van der Waals surface area contributed by atoms with E-state index < -0.39 is 0 Å². The molecule has 0 saturated carbocycles. The van der Waals surface area contributed by atoms with Crippen LogP contribution in [0.2, 0.25) is 5.02 Å². The number of ether oxygens (including phenoxy) is 1. The highest BCUT2D eigenvalue weighted by molar-refractivity contribution is 6.36. The van der Waals surface area contributed by atoms with Gasteiger partial charge in [0.15, 0.2) is 6.19 Å². The molecular weight excluding hydrogens is 424 g/mol. The van der Waals surface area contributed by atoms with Crippen molar-refractivity contribution in [3.8, 4) is 12.2 Å². The number of fused-ring (bicyclic) bond motifs is 2. The first kappa shape index (κ1) is 20.7. The Balaban J connectivity index is 1.45. The molecule has 7 nitrogen and oxygen atoms in total. The lowest BCUT2D eigenvalue weighted by Gasteiger charge is -2.38. The van der Waals surface area contributed by atoms with Gasteiger partial charge in [0.1, 0.15) is 5.82 Å². The van der Waals surface area contributed by atoms with Crippen LogP contribution in [0.1, 0.15) is 11.3 Å². The van der Waals surface area contributed by atoms with Crippen LogP contribution in [-0.2, 0) is 13.0 Å². The lowest BCUT2D eigenvalue weighted by atomic mass is 9.99. The van der Waals surface area contributed by atoms with Gasteiger partial charge < -0.3 is 19.4 Å². The van der Waals surface area contributed by atoms with Gasteiger partial charge in [-0.15, -0.1) is 0 Å². The second-order valence-electron chi connectivity index (χ2n) is 8.50. The topological polar surface area (TPSA) is 68.5 Å². The Kier molecular flexibility index (Phi) is 5.40. The molecule has 164 valence electrons. The number of nitriles is 1. The number of hydrogen-bond donors (Lipinski definition) is 0. The zero-order valence-electron chi connectivity index (χ0n) is 18.3. The van der Waals surface area contributed by atoms with Crippen molar-refractivity contribution in [1.82, 2.24) is 14.9 Å². The Morgan fingerprint density at radius 1 is 1.22 bits per heavy atom. The summed E-state index contributed by atoms with van der Waals surface area (Å²) in [6.07, 6.45) is 3.05. The van der Waals surface area contributed by atoms with Gasteiger partial charge in [0.25, 0.3) is 0 Å². The predicted molar refractivity (Wildman–Crippen MR) is 126 cm³/mol. The number of hydrogen-bond acceptors (Lipinski definition) is 7. The number of aromatic nitrogens is 2. The quantitative estimate of drug-likeness (QED) is 0.551. The molecule has 0 unspecified atom stereocenters. The maximum absolute atomic E-state index is 9.00. The molecular formula is C24H25ClN6O.